The van der Waals surface area contributed by atoms with Gasteiger partial charge in [0.2, 0.25) is 0 Å². The zero-order chi connectivity index (χ0) is 17.5. The number of hydrogen-bond donors (Lipinski definition) is 2. The lowest BCUT2D eigenvalue weighted by Gasteiger charge is -2.40. The van der Waals surface area contributed by atoms with Crippen LogP contribution in [0.15, 0.2) is 30.3 Å². The fourth-order valence-corrected chi connectivity index (χ4v) is 4.07. The molecule has 2 aliphatic rings. The number of likely N-dealkylation sites (tertiary alicyclic amines) is 1. The van der Waals surface area contributed by atoms with E-state index in [-0.39, 0.29) is 12.1 Å². The number of piperidine rings is 1. The normalized spacial score (nSPS) is 25.5. The van der Waals surface area contributed by atoms with Gasteiger partial charge in [-0.3, -0.25) is 0 Å². The molecule has 1 aromatic rings. The van der Waals surface area contributed by atoms with Crippen molar-refractivity contribution in [2.45, 2.75) is 57.2 Å². The first-order chi connectivity index (χ1) is 12.2. The minimum absolute atomic E-state index is 0.251. The molecule has 1 aliphatic carbocycles. The highest BCUT2D eigenvalue weighted by atomic mass is 16.5. The number of nitrogens with zero attached hydrogens (tertiary/aromatic N) is 1. The van der Waals surface area contributed by atoms with Crippen LogP contribution in [0.25, 0.3) is 0 Å². The lowest BCUT2D eigenvalue weighted by Crippen LogP contribution is -2.47. The number of alkyl carbamates (subject to hydrolysis) is 1. The van der Waals surface area contributed by atoms with Gasteiger partial charge in [-0.2, -0.15) is 0 Å². The summed E-state index contributed by atoms with van der Waals surface area (Å²) in [6.45, 7) is 3.53. The van der Waals surface area contributed by atoms with E-state index in [0.29, 0.717) is 18.6 Å². The van der Waals surface area contributed by atoms with Gasteiger partial charge < -0.3 is 20.7 Å². The van der Waals surface area contributed by atoms with Crippen molar-refractivity contribution in [3.63, 3.8) is 0 Å². The summed E-state index contributed by atoms with van der Waals surface area (Å²) in [6, 6.07) is 10.7. The Morgan fingerprint density at radius 1 is 1.08 bits per heavy atom. The molecule has 1 aliphatic heterocycles. The van der Waals surface area contributed by atoms with Gasteiger partial charge in [0.1, 0.15) is 6.61 Å². The third kappa shape index (κ3) is 5.44. The number of hydrogen-bond acceptors (Lipinski definition) is 4. The maximum atomic E-state index is 12.0. The zero-order valence-corrected chi connectivity index (χ0v) is 15.0. The average molecular weight is 345 g/mol. The summed E-state index contributed by atoms with van der Waals surface area (Å²) in [6.07, 6.45) is 6.59. The Hall–Kier alpha value is -1.59. The van der Waals surface area contributed by atoms with Gasteiger partial charge in [0.15, 0.2) is 0 Å². The molecule has 2 fully saturated rings. The van der Waals surface area contributed by atoms with Gasteiger partial charge in [-0.25, -0.2) is 4.79 Å². The first kappa shape index (κ1) is 18.2. The topological polar surface area (TPSA) is 67.6 Å². The largest absolute Gasteiger partial charge is 0.445 e. The minimum Gasteiger partial charge on any atom is -0.445 e. The van der Waals surface area contributed by atoms with Crippen LogP contribution in [0.4, 0.5) is 4.79 Å². The fourth-order valence-electron chi connectivity index (χ4n) is 4.07. The number of ether oxygens (including phenoxy) is 1. The summed E-state index contributed by atoms with van der Waals surface area (Å²) in [5.41, 5.74) is 6.80. The van der Waals surface area contributed by atoms with E-state index in [4.69, 9.17) is 10.5 Å². The van der Waals surface area contributed by atoms with Crippen molar-refractivity contribution < 1.29 is 9.53 Å². The number of amides is 1. The molecule has 1 saturated heterocycles. The first-order valence-corrected chi connectivity index (χ1v) is 9.66. The van der Waals surface area contributed by atoms with Crippen LogP contribution in [-0.2, 0) is 11.3 Å². The van der Waals surface area contributed by atoms with E-state index >= 15 is 0 Å². The summed E-state index contributed by atoms with van der Waals surface area (Å²) in [5, 5.41) is 3.03. The van der Waals surface area contributed by atoms with Crippen LogP contribution in [0.5, 0.6) is 0 Å². The molecule has 1 amide bonds. The van der Waals surface area contributed by atoms with Crippen molar-refractivity contribution in [3.05, 3.63) is 35.9 Å². The summed E-state index contributed by atoms with van der Waals surface area (Å²) < 4.78 is 5.33. The molecule has 3 N–H and O–H groups in total. The van der Waals surface area contributed by atoms with Crippen LogP contribution >= 0.6 is 0 Å². The third-order valence-electron chi connectivity index (χ3n) is 5.73. The van der Waals surface area contributed by atoms with Crippen molar-refractivity contribution in [3.8, 4) is 0 Å². The Kier molecular flexibility index (Phi) is 6.70. The smallest absolute Gasteiger partial charge is 0.407 e. The second kappa shape index (κ2) is 9.20. The Bertz CT molecular complexity index is 521. The second-order valence-electron chi connectivity index (χ2n) is 7.43. The second-order valence-corrected chi connectivity index (χ2v) is 7.43. The molecule has 0 unspecified atom stereocenters. The molecule has 25 heavy (non-hydrogen) atoms. The summed E-state index contributed by atoms with van der Waals surface area (Å²) in [7, 11) is 0. The van der Waals surface area contributed by atoms with Crippen molar-refractivity contribution in [2.24, 2.45) is 11.7 Å². The van der Waals surface area contributed by atoms with Crippen molar-refractivity contribution in [1.82, 2.24) is 10.2 Å². The summed E-state index contributed by atoms with van der Waals surface area (Å²) in [5.74, 6) is 0.716. The predicted molar refractivity (Wildman–Crippen MR) is 99.2 cm³/mol. The maximum absolute atomic E-state index is 12.0. The number of nitrogens with one attached hydrogen (secondary N) is 1. The molecule has 1 aromatic carbocycles. The minimum atomic E-state index is -0.295. The van der Waals surface area contributed by atoms with E-state index in [1.54, 1.807) is 0 Å². The molecule has 0 atom stereocenters. The van der Waals surface area contributed by atoms with Crippen molar-refractivity contribution in [2.75, 3.05) is 19.6 Å². The Morgan fingerprint density at radius 3 is 2.40 bits per heavy atom. The van der Waals surface area contributed by atoms with Gasteiger partial charge in [0.25, 0.3) is 0 Å². The first-order valence-electron chi connectivity index (χ1n) is 9.66. The highest BCUT2D eigenvalue weighted by molar-refractivity contribution is 5.67. The molecule has 0 bridgehead atoms. The molecule has 5 nitrogen and oxygen atoms in total. The van der Waals surface area contributed by atoms with E-state index in [2.05, 4.69) is 10.2 Å². The predicted octanol–water partition coefficient (Wildman–Crippen LogP) is 2.89. The monoisotopic (exact) mass is 345 g/mol. The van der Waals surface area contributed by atoms with Gasteiger partial charge in [0, 0.05) is 12.1 Å². The molecule has 0 aromatic heterocycles. The molecule has 138 valence electrons. The van der Waals surface area contributed by atoms with Crippen molar-refractivity contribution >= 4 is 6.09 Å². The van der Waals surface area contributed by atoms with Crippen molar-refractivity contribution in [1.29, 1.82) is 0 Å². The van der Waals surface area contributed by atoms with Crippen LogP contribution in [0.2, 0.25) is 0 Å². The molecule has 5 heteroatoms. The Labute approximate surface area is 150 Å². The highest BCUT2D eigenvalue weighted by Gasteiger charge is 2.29. The summed E-state index contributed by atoms with van der Waals surface area (Å²) >= 11 is 0. The van der Waals surface area contributed by atoms with E-state index in [1.165, 1.54) is 25.9 Å². The van der Waals surface area contributed by atoms with Gasteiger partial charge in [-0.05, 0) is 69.6 Å². The lowest BCUT2D eigenvalue weighted by molar-refractivity contribution is 0.0957. The molecular formula is C20H31N3O2. The zero-order valence-electron chi connectivity index (χ0n) is 15.0. The molecule has 1 heterocycles. The van der Waals surface area contributed by atoms with E-state index < -0.39 is 0 Å². The SMILES string of the molecule is NCC1CCN(C2CCC(NC(=O)OCc3ccccc3)CC2)CC1. The number of nitrogens with two attached hydrogens (primary N) is 1. The highest BCUT2D eigenvalue weighted by Crippen LogP contribution is 2.27. The lowest BCUT2D eigenvalue weighted by atomic mass is 9.88. The van der Waals surface area contributed by atoms with Gasteiger partial charge in [0.05, 0.1) is 0 Å². The molecule has 0 radical (unpaired) electrons. The molecular weight excluding hydrogens is 314 g/mol. The van der Waals surface area contributed by atoms with Crippen LogP contribution < -0.4 is 11.1 Å². The number of benzene rings is 1. The number of carbonyl (C=O) groups excluding carboxylic acids is 1. The number of carbonyl (C=O) groups is 1. The standard InChI is InChI=1S/C20H31N3O2/c21-14-16-10-12-23(13-11-16)19-8-6-18(7-9-19)22-20(24)25-15-17-4-2-1-3-5-17/h1-5,16,18-19H,6-15,21H2,(H,22,24). The number of rotatable bonds is 5. The maximum Gasteiger partial charge on any atom is 0.407 e. The van der Waals surface area contributed by atoms with Crippen LogP contribution in [0.3, 0.4) is 0 Å². The quantitative estimate of drug-likeness (QED) is 0.861. The third-order valence-corrected chi connectivity index (χ3v) is 5.73. The molecule has 1 saturated carbocycles. The summed E-state index contributed by atoms with van der Waals surface area (Å²) in [4.78, 5) is 14.6. The van der Waals surface area contributed by atoms with Gasteiger partial charge in [-0.1, -0.05) is 30.3 Å². The van der Waals surface area contributed by atoms with E-state index in [1.807, 2.05) is 30.3 Å². The van der Waals surface area contributed by atoms with Crippen LogP contribution in [0, 0.1) is 5.92 Å². The molecule has 0 spiro atoms. The Balaban J connectivity index is 1.34. The average Bonchev–Trinajstić information content (AvgIpc) is 2.68. The Morgan fingerprint density at radius 2 is 1.76 bits per heavy atom. The van der Waals surface area contributed by atoms with E-state index in [9.17, 15) is 4.79 Å². The van der Waals surface area contributed by atoms with E-state index in [0.717, 1.165) is 37.8 Å². The van der Waals surface area contributed by atoms with Gasteiger partial charge >= 0.3 is 6.09 Å². The fraction of sp³-hybridized carbons (Fsp3) is 0.650. The van der Waals surface area contributed by atoms with Crippen LogP contribution in [0.1, 0.15) is 44.1 Å². The molecule has 3 rings (SSSR count). The van der Waals surface area contributed by atoms with Gasteiger partial charge in [-0.15, -0.1) is 0 Å². The van der Waals surface area contributed by atoms with Crippen LogP contribution in [-0.4, -0.2) is 42.7 Å².